The molecule has 1 aromatic carbocycles. The van der Waals surface area contributed by atoms with Gasteiger partial charge < -0.3 is 15.8 Å². The van der Waals surface area contributed by atoms with Crippen LogP contribution >= 0.6 is 0 Å². The largest absolute Gasteiger partial charge is 0.493 e. The molecule has 0 atom stereocenters. The third-order valence-corrected chi connectivity index (χ3v) is 3.04. The van der Waals surface area contributed by atoms with Crippen LogP contribution in [0.4, 0.5) is 11.5 Å². The van der Waals surface area contributed by atoms with Crippen molar-refractivity contribution in [2.45, 2.75) is 12.8 Å². The molecule has 2 heterocycles. The van der Waals surface area contributed by atoms with Gasteiger partial charge in [0, 0.05) is 24.7 Å². The van der Waals surface area contributed by atoms with Gasteiger partial charge in [-0.3, -0.25) is 0 Å². The normalized spacial score (nSPS) is 12.9. The number of rotatable bonds is 4. The van der Waals surface area contributed by atoms with Gasteiger partial charge in [0.1, 0.15) is 17.4 Å². The van der Waals surface area contributed by atoms with Gasteiger partial charge >= 0.3 is 0 Å². The number of ether oxygens (including phenoxy) is 1. The van der Waals surface area contributed by atoms with E-state index in [4.69, 9.17) is 10.5 Å². The van der Waals surface area contributed by atoms with E-state index in [1.807, 2.05) is 18.2 Å². The van der Waals surface area contributed by atoms with Gasteiger partial charge in [-0.15, -0.1) is 0 Å². The molecule has 3 N–H and O–H groups in total. The summed E-state index contributed by atoms with van der Waals surface area (Å²) in [7, 11) is 0. The van der Waals surface area contributed by atoms with Crippen molar-refractivity contribution in [2.75, 3.05) is 18.5 Å². The van der Waals surface area contributed by atoms with Crippen molar-refractivity contribution in [2.24, 2.45) is 5.73 Å². The zero-order valence-electron chi connectivity index (χ0n) is 10.6. The minimum atomic E-state index is 0.555. The van der Waals surface area contributed by atoms with E-state index in [1.165, 1.54) is 5.56 Å². The van der Waals surface area contributed by atoms with Gasteiger partial charge in [-0.25, -0.2) is 9.97 Å². The number of fused-ring (bicyclic) bond motifs is 1. The lowest BCUT2D eigenvalue weighted by Gasteiger charge is -2.08. The van der Waals surface area contributed by atoms with Crippen LogP contribution in [-0.2, 0) is 12.8 Å². The molecule has 1 aliphatic rings. The van der Waals surface area contributed by atoms with Crippen molar-refractivity contribution in [3.8, 4) is 5.75 Å². The fourth-order valence-corrected chi connectivity index (χ4v) is 2.13. The first-order chi connectivity index (χ1) is 9.35. The smallest absolute Gasteiger partial charge is 0.134 e. The second kappa shape index (κ2) is 5.24. The van der Waals surface area contributed by atoms with E-state index < -0.39 is 0 Å². The Morgan fingerprint density at radius 2 is 2.26 bits per heavy atom. The number of nitrogens with zero attached hydrogens (tertiary/aromatic N) is 2. The van der Waals surface area contributed by atoms with Crippen LogP contribution in [0.15, 0.2) is 30.5 Å². The summed E-state index contributed by atoms with van der Waals surface area (Å²) in [5, 5.41) is 3.28. The van der Waals surface area contributed by atoms with Crippen molar-refractivity contribution < 1.29 is 4.74 Å². The Morgan fingerprint density at radius 3 is 3.16 bits per heavy atom. The molecule has 0 spiro atoms. The molecule has 0 saturated carbocycles. The molecule has 0 bridgehead atoms. The minimum Gasteiger partial charge on any atom is -0.493 e. The maximum atomic E-state index is 5.51. The van der Waals surface area contributed by atoms with E-state index in [0.29, 0.717) is 13.0 Å². The van der Waals surface area contributed by atoms with Crippen molar-refractivity contribution in [1.29, 1.82) is 0 Å². The van der Waals surface area contributed by atoms with Crippen molar-refractivity contribution in [1.82, 2.24) is 9.97 Å². The molecule has 0 aliphatic carbocycles. The van der Waals surface area contributed by atoms with Gasteiger partial charge in [-0.2, -0.15) is 0 Å². The second-order valence-corrected chi connectivity index (χ2v) is 4.44. The van der Waals surface area contributed by atoms with E-state index in [0.717, 1.165) is 36.1 Å². The fourth-order valence-electron chi connectivity index (χ4n) is 2.13. The average molecular weight is 256 g/mol. The Hall–Kier alpha value is -2.14. The van der Waals surface area contributed by atoms with E-state index in [2.05, 4.69) is 21.4 Å². The van der Waals surface area contributed by atoms with E-state index in [-0.39, 0.29) is 0 Å². The first kappa shape index (κ1) is 11.9. The first-order valence-electron chi connectivity index (χ1n) is 6.40. The molecule has 0 amide bonds. The fraction of sp³-hybridized carbons (Fsp3) is 0.286. The molecule has 1 aliphatic heterocycles. The van der Waals surface area contributed by atoms with Crippen LogP contribution in [0.1, 0.15) is 11.4 Å². The topological polar surface area (TPSA) is 73.1 Å². The van der Waals surface area contributed by atoms with Crippen LogP contribution in [0, 0.1) is 0 Å². The molecule has 0 unspecified atom stereocenters. The molecule has 2 aromatic rings. The monoisotopic (exact) mass is 256 g/mol. The summed E-state index contributed by atoms with van der Waals surface area (Å²) in [6.07, 6.45) is 3.40. The average Bonchev–Trinajstić information content (AvgIpc) is 2.87. The highest BCUT2D eigenvalue weighted by Crippen LogP contribution is 2.28. The number of nitrogens with two attached hydrogens (primary N) is 1. The van der Waals surface area contributed by atoms with Crippen LogP contribution in [0.3, 0.4) is 0 Å². The van der Waals surface area contributed by atoms with Crippen LogP contribution in [0.2, 0.25) is 0 Å². The maximum Gasteiger partial charge on any atom is 0.134 e. The van der Waals surface area contributed by atoms with Gasteiger partial charge in [0.25, 0.3) is 0 Å². The first-order valence-corrected chi connectivity index (χ1v) is 6.40. The van der Waals surface area contributed by atoms with Crippen molar-refractivity contribution in [3.63, 3.8) is 0 Å². The summed E-state index contributed by atoms with van der Waals surface area (Å²) in [6, 6.07) is 7.94. The van der Waals surface area contributed by atoms with Crippen LogP contribution in [0.5, 0.6) is 5.75 Å². The number of aromatic nitrogens is 2. The van der Waals surface area contributed by atoms with Crippen molar-refractivity contribution in [3.05, 3.63) is 41.9 Å². The standard InChI is InChI=1S/C14H16N4O/c15-6-3-13-16-7-4-14(18-13)17-11-1-2-12-10(9-11)5-8-19-12/h1-2,4,7,9H,3,5-6,8,15H2,(H,16,17,18). The lowest BCUT2D eigenvalue weighted by molar-refractivity contribution is 0.357. The number of anilines is 2. The Labute approximate surface area is 111 Å². The highest BCUT2D eigenvalue weighted by Gasteiger charge is 2.12. The third-order valence-electron chi connectivity index (χ3n) is 3.04. The van der Waals surface area contributed by atoms with Crippen LogP contribution in [-0.4, -0.2) is 23.1 Å². The van der Waals surface area contributed by atoms with Gasteiger partial charge in [0.05, 0.1) is 6.61 Å². The Morgan fingerprint density at radius 1 is 1.32 bits per heavy atom. The summed E-state index contributed by atoms with van der Waals surface area (Å²) in [5.41, 5.74) is 7.76. The molecule has 3 rings (SSSR count). The summed E-state index contributed by atoms with van der Waals surface area (Å²) in [6.45, 7) is 1.33. The lowest BCUT2D eigenvalue weighted by atomic mass is 10.1. The molecular formula is C14H16N4O. The Bertz CT molecular complexity index is 585. The molecule has 1 aromatic heterocycles. The molecule has 0 saturated heterocycles. The molecule has 19 heavy (non-hydrogen) atoms. The lowest BCUT2D eigenvalue weighted by Crippen LogP contribution is -2.07. The van der Waals surface area contributed by atoms with E-state index in [9.17, 15) is 0 Å². The summed E-state index contributed by atoms with van der Waals surface area (Å²) in [4.78, 5) is 8.60. The third kappa shape index (κ3) is 2.66. The molecular weight excluding hydrogens is 240 g/mol. The Balaban J connectivity index is 1.79. The van der Waals surface area contributed by atoms with Gasteiger partial charge in [0.2, 0.25) is 0 Å². The summed E-state index contributed by atoms with van der Waals surface area (Å²) in [5.74, 6) is 2.53. The molecule has 5 heteroatoms. The van der Waals surface area contributed by atoms with Crippen LogP contribution in [0.25, 0.3) is 0 Å². The summed E-state index contributed by atoms with van der Waals surface area (Å²) < 4.78 is 5.49. The predicted octanol–water partition coefficient (Wildman–Crippen LogP) is 1.66. The molecule has 0 fully saturated rings. The number of nitrogens with one attached hydrogen (secondary N) is 1. The number of hydrogen-bond donors (Lipinski definition) is 2. The van der Waals surface area contributed by atoms with Gasteiger partial charge in [-0.05, 0) is 36.4 Å². The maximum absolute atomic E-state index is 5.51. The number of hydrogen-bond acceptors (Lipinski definition) is 5. The second-order valence-electron chi connectivity index (χ2n) is 4.44. The van der Waals surface area contributed by atoms with E-state index >= 15 is 0 Å². The zero-order chi connectivity index (χ0) is 13.1. The van der Waals surface area contributed by atoms with Crippen LogP contribution < -0.4 is 15.8 Å². The van der Waals surface area contributed by atoms with Crippen molar-refractivity contribution >= 4 is 11.5 Å². The number of benzene rings is 1. The molecule has 98 valence electrons. The minimum absolute atomic E-state index is 0.555. The van der Waals surface area contributed by atoms with E-state index in [1.54, 1.807) is 6.20 Å². The van der Waals surface area contributed by atoms with Gasteiger partial charge in [-0.1, -0.05) is 0 Å². The highest BCUT2D eigenvalue weighted by atomic mass is 16.5. The SMILES string of the molecule is NCCc1nccc(Nc2ccc3c(c2)CCO3)n1. The predicted molar refractivity (Wildman–Crippen MR) is 73.7 cm³/mol. The zero-order valence-corrected chi connectivity index (χ0v) is 10.6. The highest BCUT2D eigenvalue weighted by molar-refractivity contribution is 5.59. The quantitative estimate of drug-likeness (QED) is 0.870. The Kier molecular flexibility index (Phi) is 3.29. The summed E-state index contributed by atoms with van der Waals surface area (Å²) >= 11 is 0. The van der Waals surface area contributed by atoms with Gasteiger partial charge in [0.15, 0.2) is 0 Å². The molecule has 0 radical (unpaired) electrons. The molecule has 5 nitrogen and oxygen atoms in total.